The monoisotopic (exact) mass is 432 g/mol. The predicted octanol–water partition coefficient (Wildman–Crippen LogP) is 2.78. The molecule has 0 spiro atoms. The Morgan fingerprint density at radius 2 is 2.10 bits per heavy atom. The van der Waals surface area contributed by atoms with E-state index in [4.69, 9.17) is 0 Å². The fourth-order valence-corrected chi connectivity index (χ4v) is 3.69. The van der Waals surface area contributed by atoms with E-state index in [1.54, 1.807) is 4.90 Å². The summed E-state index contributed by atoms with van der Waals surface area (Å²) in [6, 6.07) is 4.00. The average Bonchev–Trinajstić information content (AvgIpc) is 3.08. The van der Waals surface area contributed by atoms with Crippen LogP contribution >= 0.6 is 11.8 Å². The van der Waals surface area contributed by atoms with Crippen LogP contribution in [0.3, 0.4) is 0 Å². The van der Waals surface area contributed by atoms with E-state index in [2.05, 4.69) is 10.1 Å². The van der Waals surface area contributed by atoms with E-state index in [-0.39, 0.29) is 36.1 Å². The normalized spacial score (nSPS) is 15.3. The summed E-state index contributed by atoms with van der Waals surface area (Å²) in [5.74, 6) is -0.367. The second kappa shape index (κ2) is 10.5. The van der Waals surface area contributed by atoms with Crippen LogP contribution in [0, 0.1) is 0 Å². The fraction of sp³-hybridized carbons (Fsp3) is 0.526. The van der Waals surface area contributed by atoms with Crippen LogP contribution < -0.4 is 5.32 Å². The highest BCUT2D eigenvalue weighted by molar-refractivity contribution is 7.99. The highest BCUT2D eigenvalue weighted by Crippen LogP contribution is 2.31. The molecule has 2 rings (SSSR count). The maximum Gasteiger partial charge on any atom is 0.416 e. The molecule has 10 heteroatoms. The SMILES string of the molecule is COC(=O)CSCCC(=O)NC(CN1CCCC1=O)c1cccc(C(F)(F)F)c1. The molecule has 1 aromatic carbocycles. The second-order valence-electron chi connectivity index (χ2n) is 6.57. The number of rotatable bonds is 9. The maximum atomic E-state index is 13.1. The Morgan fingerprint density at radius 1 is 1.34 bits per heavy atom. The number of amides is 2. The molecule has 1 aromatic rings. The van der Waals surface area contributed by atoms with Gasteiger partial charge in [-0.25, -0.2) is 0 Å². The first-order chi connectivity index (χ1) is 13.7. The number of carbonyl (C=O) groups is 3. The number of ether oxygens (including phenoxy) is 1. The molecule has 0 saturated carbocycles. The number of methoxy groups -OCH3 is 1. The van der Waals surface area contributed by atoms with Gasteiger partial charge in [0.15, 0.2) is 0 Å². The zero-order chi connectivity index (χ0) is 21.4. The van der Waals surface area contributed by atoms with Crippen molar-refractivity contribution in [1.82, 2.24) is 10.2 Å². The minimum Gasteiger partial charge on any atom is -0.468 e. The van der Waals surface area contributed by atoms with E-state index in [1.165, 1.54) is 31.0 Å². The fourth-order valence-electron chi connectivity index (χ4n) is 2.93. The molecule has 1 saturated heterocycles. The molecule has 0 radical (unpaired) electrons. The molecule has 0 bridgehead atoms. The van der Waals surface area contributed by atoms with Crippen molar-refractivity contribution < 1.29 is 32.3 Å². The molecule has 1 aliphatic heterocycles. The van der Waals surface area contributed by atoms with E-state index in [0.717, 1.165) is 12.1 Å². The Morgan fingerprint density at radius 3 is 2.72 bits per heavy atom. The molecule has 29 heavy (non-hydrogen) atoms. The third-order valence-corrected chi connectivity index (χ3v) is 5.38. The van der Waals surface area contributed by atoms with Gasteiger partial charge in [0.25, 0.3) is 0 Å². The van der Waals surface area contributed by atoms with Gasteiger partial charge in [-0.05, 0) is 24.1 Å². The lowest BCUT2D eigenvalue weighted by Gasteiger charge is -2.26. The Hall–Kier alpha value is -2.23. The average molecular weight is 432 g/mol. The topological polar surface area (TPSA) is 75.7 Å². The number of likely N-dealkylation sites (tertiary alicyclic amines) is 1. The van der Waals surface area contributed by atoms with Crippen LogP contribution in [0.4, 0.5) is 13.2 Å². The van der Waals surface area contributed by atoms with Crippen LogP contribution in [-0.4, -0.2) is 54.4 Å². The number of halogens is 3. The highest BCUT2D eigenvalue weighted by atomic mass is 32.2. The van der Waals surface area contributed by atoms with Crippen LogP contribution in [0.15, 0.2) is 24.3 Å². The summed E-state index contributed by atoms with van der Waals surface area (Å²) in [4.78, 5) is 36.9. The number of alkyl halides is 3. The molecule has 1 unspecified atom stereocenters. The Bertz CT molecular complexity index is 742. The smallest absolute Gasteiger partial charge is 0.416 e. The summed E-state index contributed by atoms with van der Waals surface area (Å²) in [6.45, 7) is 0.625. The molecule has 0 aliphatic carbocycles. The number of nitrogens with zero attached hydrogens (tertiary/aromatic N) is 1. The zero-order valence-electron chi connectivity index (χ0n) is 16.0. The molecule has 1 fully saturated rings. The first-order valence-electron chi connectivity index (χ1n) is 9.09. The van der Waals surface area contributed by atoms with Crippen molar-refractivity contribution in [2.45, 2.75) is 31.5 Å². The molecule has 1 atom stereocenters. The van der Waals surface area contributed by atoms with Crippen LogP contribution in [0.1, 0.15) is 36.4 Å². The Labute approximate surface area is 171 Å². The van der Waals surface area contributed by atoms with Gasteiger partial charge in [-0.2, -0.15) is 13.2 Å². The number of hydrogen-bond donors (Lipinski definition) is 1. The summed E-state index contributed by atoms with van der Waals surface area (Å²) in [7, 11) is 1.27. The standard InChI is InChI=1S/C19H23F3N2O4S/c1-28-18(27)12-29-9-7-16(25)23-15(11-24-8-3-6-17(24)26)13-4-2-5-14(10-13)19(20,21)22/h2,4-5,10,15H,3,6-9,11-12H2,1H3,(H,23,25). The lowest BCUT2D eigenvalue weighted by molar-refractivity contribution is -0.138. The minimum absolute atomic E-state index is 0.0788. The lowest BCUT2D eigenvalue weighted by Crippen LogP contribution is -2.38. The molecular weight excluding hydrogens is 409 g/mol. The van der Waals surface area contributed by atoms with E-state index in [1.807, 2.05) is 0 Å². The summed E-state index contributed by atoms with van der Waals surface area (Å²) < 4.78 is 43.7. The third-order valence-electron chi connectivity index (χ3n) is 4.45. The lowest BCUT2D eigenvalue weighted by atomic mass is 10.0. The summed E-state index contributed by atoms with van der Waals surface area (Å²) in [6.07, 6.45) is -3.33. The molecule has 1 aliphatic rings. The van der Waals surface area contributed by atoms with Gasteiger partial charge in [-0.3, -0.25) is 14.4 Å². The number of nitrogens with one attached hydrogen (secondary N) is 1. The number of esters is 1. The van der Waals surface area contributed by atoms with Gasteiger partial charge >= 0.3 is 12.1 Å². The van der Waals surface area contributed by atoms with Crippen LogP contribution in [-0.2, 0) is 25.3 Å². The van der Waals surface area contributed by atoms with Crippen molar-refractivity contribution in [3.63, 3.8) is 0 Å². The summed E-state index contributed by atoms with van der Waals surface area (Å²) >= 11 is 1.23. The van der Waals surface area contributed by atoms with Gasteiger partial charge < -0.3 is 15.0 Å². The molecule has 1 heterocycles. The van der Waals surface area contributed by atoms with E-state index >= 15 is 0 Å². The van der Waals surface area contributed by atoms with Gasteiger partial charge in [-0.15, -0.1) is 11.8 Å². The number of carbonyl (C=O) groups excluding carboxylic acids is 3. The van der Waals surface area contributed by atoms with Crippen LogP contribution in [0.25, 0.3) is 0 Å². The molecule has 2 amide bonds. The van der Waals surface area contributed by atoms with Crippen LogP contribution in [0.2, 0.25) is 0 Å². The van der Waals surface area contributed by atoms with Gasteiger partial charge in [-0.1, -0.05) is 12.1 Å². The predicted molar refractivity (Wildman–Crippen MR) is 102 cm³/mol. The molecule has 0 aromatic heterocycles. The zero-order valence-corrected chi connectivity index (χ0v) is 16.8. The Balaban J connectivity index is 2.06. The van der Waals surface area contributed by atoms with Crippen molar-refractivity contribution in [3.8, 4) is 0 Å². The van der Waals surface area contributed by atoms with Crippen molar-refractivity contribution in [2.75, 3.05) is 31.7 Å². The van der Waals surface area contributed by atoms with E-state index < -0.39 is 23.8 Å². The molecule has 6 nitrogen and oxygen atoms in total. The van der Waals surface area contributed by atoms with Crippen molar-refractivity contribution in [3.05, 3.63) is 35.4 Å². The molecule has 1 N–H and O–H groups in total. The molecule has 160 valence electrons. The molecular formula is C19H23F3N2O4S. The van der Waals surface area contributed by atoms with Crippen LogP contribution in [0.5, 0.6) is 0 Å². The van der Waals surface area contributed by atoms with E-state index in [0.29, 0.717) is 25.1 Å². The largest absolute Gasteiger partial charge is 0.468 e. The van der Waals surface area contributed by atoms with Gasteiger partial charge in [0, 0.05) is 31.7 Å². The van der Waals surface area contributed by atoms with Crippen molar-refractivity contribution >= 4 is 29.5 Å². The first kappa shape index (κ1) is 23.1. The van der Waals surface area contributed by atoms with Gasteiger partial charge in [0.05, 0.1) is 24.5 Å². The second-order valence-corrected chi connectivity index (χ2v) is 7.67. The Kier molecular flexibility index (Phi) is 8.36. The minimum atomic E-state index is -4.50. The number of hydrogen-bond acceptors (Lipinski definition) is 5. The quantitative estimate of drug-likeness (QED) is 0.480. The van der Waals surface area contributed by atoms with Crippen molar-refractivity contribution in [1.29, 1.82) is 0 Å². The summed E-state index contributed by atoms with van der Waals surface area (Å²) in [5.41, 5.74) is -0.522. The summed E-state index contributed by atoms with van der Waals surface area (Å²) in [5, 5.41) is 2.73. The van der Waals surface area contributed by atoms with Crippen molar-refractivity contribution in [2.24, 2.45) is 0 Å². The number of benzene rings is 1. The first-order valence-corrected chi connectivity index (χ1v) is 10.2. The van der Waals surface area contributed by atoms with E-state index in [9.17, 15) is 27.6 Å². The highest BCUT2D eigenvalue weighted by Gasteiger charge is 2.32. The van der Waals surface area contributed by atoms with Gasteiger partial charge in [0.2, 0.25) is 11.8 Å². The van der Waals surface area contributed by atoms with Gasteiger partial charge in [0.1, 0.15) is 0 Å². The maximum absolute atomic E-state index is 13.1. The number of thioether (sulfide) groups is 1. The third kappa shape index (κ3) is 7.26.